The minimum atomic E-state index is -0.705. The highest BCUT2D eigenvalue weighted by atomic mass is 16.2. The summed E-state index contributed by atoms with van der Waals surface area (Å²) in [5.41, 5.74) is 4.76. The summed E-state index contributed by atoms with van der Waals surface area (Å²) in [4.78, 5) is 74.2. The van der Waals surface area contributed by atoms with Gasteiger partial charge in [-0.25, -0.2) is 14.8 Å². The Kier molecular flexibility index (Phi) is 9.22. The first-order chi connectivity index (χ1) is 27.1. The summed E-state index contributed by atoms with van der Waals surface area (Å²) < 4.78 is 5.31. The molecule has 1 aromatic carbocycles. The Labute approximate surface area is 324 Å². The summed E-state index contributed by atoms with van der Waals surface area (Å²) in [5.74, 6) is 0.349. The molecule has 0 bridgehead atoms. The lowest BCUT2D eigenvalue weighted by Crippen LogP contribution is -2.51. The number of anilines is 4. The molecule has 7 heterocycles. The Bertz CT molecular complexity index is 2380. The molecule has 9 rings (SSSR count). The van der Waals surface area contributed by atoms with Gasteiger partial charge < -0.3 is 24.6 Å². The zero-order valence-corrected chi connectivity index (χ0v) is 32.1. The van der Waals surface area contributed by atoms with E-state index >= 15 is 0 Å². The largest absolute Gasteiger partial charge is 0.368 e. The van der Waals surface area contributed by atoms with Crippen LogP contribution in [0, 0.1) is 0 Å². The molecule has 16 heteroatoms. The van der Waals surface area contributed by atoms with E-state index in [1.807, 2.05) is 30.5 Å². The number of benzene rings is 1. The van der Waals surface area contributed by atoms with Crippen molar-refractivity contribution in [2.24, 2.45) is 7.05 Å². The number of piperidine rings is 1. The molecule has 4 aromatic heterocycles. The van der Waals surface area contributed by atoms with Crippen molar-refractivity contribution < 1.29 is 14.4 Å². The van der Waals surface area contributed by atoms with Gasteiger partial charge in [-0.3, -0.25) is 33.7 Å². The van der Waals surface area contributed by atoms with Gasteiger partial charge in [-0.15, -0.1) is 0 Å². The summed E-state index contributed by atoms with van der Waals surface area (Å²) in [6, 6.07) is 11.8. The summed E-state index contributed by atoms with van der Waals surface area (Å²) in [6.07, 6.45) is 9.59. The molecule has 16 nitrogen and oxygen atoms in total. The van der Waals surface area contributed by atoms with Crippen molar-refractivity contribution in [3.8, 4) is 0 Å². The molecule has 3 aliphatic heterocycles. The summed E-state index contributed by atoms with van der Waals surface area (Å²) in [5, 5.41) is 6.53. The lowest BCUT2D eigenvalue weighted by Gasteiger charge is -2.39. The highest BCUT2D eigenvalue weighted by molar-refractivity contribution is 6.01. The molecule has 1 saturated carbocycles. The molecular weight excluding hydrogens is 713 g/mol. The molecule has 2 atom stereocenters. The van der Waals surface area contributed by atoms with E-state index in [4.69, 9.17) is 9.97 Å². The number of nitrogens with one attached hydrogen (secondary N) is 2. The van der Waals surface area contributed by atoms with E-state index in [-0.39, 0.29) is 30.0 Å². The predicted molar refractivity (Wildman–Crippen MR) is 214 cm³/mol. The molecule has 0 spiro atoms. The summed E-state index contributed by atoms with van der Waals surface area (Å²) >= 11 is 0. The SMILES string of the molecule is CN(C)C(=O)c1cc2cnc(Nc3ccc(N4CCN([C@H]5CCN(c6cccc7c6n(C)c(=O)n7[C@@H]6CCC(=O)NC6=O)C5)CC4)cn3)nc2n1C1CCCC1. The number of aryl methyl sites for hydroxylation is 1. The number of imidazole rings is 1. The van der Waals surface area contributed by atoms with Crippen molar-refractivity contribution in [2.75, 3.05) is 68.5 Å². The fourth-order valence-corrected chi connectivity index (χ4v) is 9.26. The molecule has 4 aliphatic rings. The van der Waals surface area contributed by atoms with Crippen molar-refractivity contribution in [3.05, 3.63) is 65.0 Å². The number of aromatic nitrogens is 6. The second-order valence-electron chi connectivity index (χ2n) is 15.8. The third kappa shape index (κ3) is 6.34. The van der Waals surface area contributed by atoms with E-state index in [1.54, 1.807) is 41.4 Å². The van der Waals surface area contributed by atoms with Crippen molar-refractivity contribution in [2.45, 2.75) is 63.1 Å². The normalized spacial score (nSPS) is 21.1. The van der Waals surface area contributed by atoms with Gasteiger partial charge in [0.1, 0.15) is 23.2 Å². The predicted octanol–water partition coefficient (Wildman–Crippen LogP) is 3.42. The number of hydrogen-bond donors (Lipinski definition) is 2. The Morgan fingerprint density at radius 3 is 2.41 bits per heavy atom. The fraction of sp³-hybridized carbons (Fsp3) is 0.475. The van der Waals surface area contributed by atoms with Crippen LogP contribution in [0.1, 0.15) is 67.5 Å². The number of hydrogen-bond acceptors (Lipinski definition) is 11. The van der Waals surface area contributed by atoms with Crippen LogP contribution in [0.2, 0.25) is 0 Å². The zero-order chi connectivity index (χ0) is 38.7. The second-order valence-corrected chi connectivity index (χ2v) is 15.8. The molecule has 1 aliphatic carbocycles. The fourth-order valence-electron chi connectivity index (χ4n) is 9.26. The number of carbonyl (C=O) groups is 3. The van der Waals surface area contributed by atoms with E-state index < -0.39 is 11.9 Å². The highest BCUT2D eigenvalue weighted by Gasteiger charge is 2.35. The minimum Gasteiger partial charge on any atom is -0.368 e. The monoisotopic (exact) mass is 760 g/mol. The molecule has 5 aromatic rings. The maximum absolute atomic E-state index is 13.5. The number of nitrogens with zero attached hydrogens (tertiary/aromatic N) is 10. The number of imide groups is 1. The number of para-hydroxylation sites is 1. The Morgan fingerprint density at radius 1 is 0.875 bits per heavy atom. The topological polar surface area (TPSA) is 159 Å². The molecular formula is C40H48N12O4. The van der Waals surface area contributed by atoms with Gasteiger partial charge in [0.15, 0.2) is 0 Å². The van der Waals surface area contributed by atoms with Gasteiger partial charge in [-0.1, -0.05) is 18.9 Å². The summed E-state index contributed by atoms with van der Waals surface area (Å²) in [6.45, 7) is 5.36. The number of fused-ring (bicyclic) bond motifs is 2. The minimum absolute atomic E-state index is 0.0313. The average molecular weight is 761 g/mol. The van der Waals surface area contributed by atoms with Crippen molar-refractivity contribution in [1.82, 2.24) is 43.8 Å². The lowest BCUT2D eigenvalue weighted by atomic mass is 10.1. The smallest absolute Gasteiger partial charge is 0.329 e. The second kappa shape index (κ2) is 14.4. The van der Waals surface area contributed by atoms with Gasteiger partial charge in [0.05, 0.1) is 28.6 Å². The van der Waals surface area contributed by atoms with E-state index in [1.165, 1.54) is 0 Å². The van der Waals surface area contributed by atoms with Gasteiger partial charge in [0, 0.05) is 90.5 Å². The number of amides is 3. The first-order valence-electron chi connectivity index (χ1n) is 19.7. The van der Waals surface area contributed by atoms with E-state index in [0.717, 1.165) is 99.3 Å². The first-order valence-corrected chi connectivity index (χ1v) is 19.7. The van der Waals surface area contributed by atoms with Gasteiger partial charge in [-0.2, -0.15) is 4.98 Å². The van der Waals surface area contributed by atoms with E-state index in [2.05, 4.69) is 47.0 Å². The van der Waals surface area contributed by atoms with Crippen molar-refractivity contribution in [1.29, 1.82) is 0 Å². The van der Waals surface area contributed by atoms with Crippen LogP contribution in [0.3, 0.4) is 0 Å². The van der Waals surface area contributed by atoms with Gasteiger partial charge in [-0.05, 0) is 56.0 Å². The first kappa shape index (κ1) is 35.9. The maximum Gasteiger partial charge on any atom is 0.329 e. The Hall–Kier alpha value is -5.77. The van der Waals surface area contributed by atoms with Gasteiger partial charge >= 0.3 is 5.69 Å². The number of piperazine rings is 1. The molecule has 3 amide bonds. The maximum atomic E-state index is 13.5. The standard InChI is InChI=1S/C40H48N12O4/c1-46(2)38(55)32-21-25-22-42-39(45-36(25)51(32)26-7-4-5-8-26)43-33-13-11-27(23-41-33)48-17-19-49(20-18-48)28-15-16-50(24-28)29-9-6-10-30-35(29)47(3)40(56)52(30)31-12-14-34(53)44-37(31)54/h6,9-11,13,21-23,26,28,31H,4-5,7-8,12,14-20,24H2,1-3H3,(H,44,53,54)(H,41,42,43,45)/t28-,31+/m0/s1. The molecule has 2 N–H and O–H groups in total. The van der Waals surface area contributed by atoms with E-state index in [9.17, 15) is 19.2 Å². The Balaban J connectivity index is 0.841. The number of rotatable bonds is 8. The van der Waals surface area contributed by atoms with Crippen LogP contribution in [0.25, 0.3) is 22.1 Å². The lowest BCUT2D eigenvalue weighted by molar-refractivity contribution is -0.135. The van der Waals surface area contributed by atoms with Crippen LogP contribution < -0.4 is 26.1 Å². The number of carbonyl (C=O) groups excluding carboxylic acids is 3. The van der Waals surface area contributed by atoms with Crippen molar-refractivity contribution >= 4 is 62.9 Å². The molecule has 292 valence electrons. The molecule has 0 radical (unpaired) electrons. The summed E-state index contributed by atoms with van der Waals surface area (Å²) in [7, 11) is 5.31. The number of pyridine rings is 1. The van der Waals surface area contributed by atoms with Gasteiger partial charge in [0.2, 0.25) is 17.8 Å². The molecule has 56 heavy (non-hydrogen) atoms. The van der Waals surface area contributed by atoms with E-state index in [0.29, 0.717) is 35.4 Å². The van der Waals surface area contributed by atoms with Crippen LogP contribution in [0.4, 0.5) is 23.1 Å². The van der Waals surface area contributed by atoms with Crippen LogP contribution in [-0.4, -0.2) is 116 Å². The van der Waals surface area contributed by atoms with Crippen LogP contribution in [0.5, 0.6) is 0 Å². The quantitative estimate of drug-likeness (QED) is 0.223. The third-order valence-corrected chi connectivity index (χ3v) is 12.2. The molecule has 0 unspecified atom stereocenters. The van der Waals surface area contributed by atoms with Gasteiger partial charge in [0.25, 0.3) is 5.91 Å². The van der Waals surface area contributed by atoms with Crippen LogP contribution >= 0.6 is 0 Å². The molecule has 3 saturated heterocycles. The Morgan fingerprint density at radius 2 is 1.68 bits per heavy atom. The van der Waals surface area contributed by atoms with Crippen LogP contribution in [0.15, 0.2) is 53.6 Å². The average Bonchev–Trinajstić information content (AvgIpc) is 4.02. The highest BCUT2D eigenvalue weighted by Crippen LogP contribution is 2.36. The zero-order valence-electron chi connectivity index (χ0n) is 32.1. The van der Waals surface area contributed by atoms with Crippen molar-refractivity contribution in [3.63, 3.8) is 0 Å². The van der Waals surface area contributed by atoms with Crippen LogP contribution in [-0.2, 0) is 16.6 Å². The molecule has 4 fully saturated rings. The third-order valence-electron chi connectivity index (χ3n) is 12.2.